The molecule has 3 aliphatic heterocycles. The number of hydrogen-bond donors (Lipinski definition) is 4. The average molecular weight is 266 g/mol. The molecule has 4 N–H and O–H groups in total. The zero-order valence-corrected chi connectivity index (χ0v) is 11.1. The van der Waals surface area contributed by atoms with Gasteiger partial charge in [-0.2, -0.15) is 5.43 Å². The first-order chi connectivity index (χ1) is 9.31. The third kappa shape index (κ3) is 2.25. The van der Waals surface area contributed by atoms with Crippen LogP contribution in [0.3, 0.4) is 0 Å². The minimum Gasteiger partial charge on any atom is -0.314 e. The molecule has 0 bridgehead atoms. The molecule has 0 aromatic heterocycles. The summed E-state index contributed by atoms with van der Waals surface area (Å²) in [4.78, 5) is 14.5. The predicted molar refractivity (Wildman–Crippen MR) is 69.4 cm³/mol. The largest absolute Gasteiger partial charge is 0.314 e. The van der Waals surface area contributed by atoms with E-state index >= 15 is 0 Å². The normalized spacial score (nSPS) is 40.5. The van der Waals surface area contributed by atoms with Crippen LogP contribution in [0.5, 0.6) is 0 Å². The summed E-state index contributed by atoms with van der Waals surface area (Å²) < 4.78 is 0. The molecule has 106 valence electrons. The standard InChI is InChI=1S/C12H22N6O/c19-10-7-9(8-1-2-8)14-11-15-12(16-18(10)11)17-5-3-13-4-6-17/h8-9,11-16H,1-7H2. The van der Waals surface area contributed by atoms with E-state index in [1.807, 2.05) is 0 Å². The van der Waals surface area contributed by atoms with Crippen molar-refractivity contribution < 1.29 is 4.79 Å². The summed E-state index contributed by atoms with van der Waals surface area (Å²) in [7, 11) is 0. The van der Waals surface area contributed by atoms with Crippen molar-refractivity contribution in [3.8, 4) is 0 Å². The first-order valence-corrected chi connectivity index (χ1v) is 7.36. The van der Waals surface area contributed by atoms with Crippen LogP contribution < -0.4 is 21.4 Å². The van der Waals surface area contributed by atoms with E-state index in [2.05, 4.69) is 26.3 Å². The fourth-order valence-electron chi connectivity index (χ4n) is 3.28. The van der Waals surface area contributed by atoms with Crippen LogP contribution in [0.1, 0.15) is 19.3 Å². The van der Waals surface area contributed by atoms with Gasteiger partial charge in [0.15, 0.2) is 6.29 Å². The number of fused-ring (bicyclic) bond motifs is 1. The van der Waals surface area contributed by atoms with E-state index in [-0.39, 0.29) is 18.5 Å². The molecule has 7 nitrogen and oxygen atoms in total. The molecule has 0 radical (unpaired) electrons. The number of nitrogens with one attached hydrogen (secondary N) is 4. The van der Waals surface area contributed by atoms with Crippen molar-refractivity contribution in [1.82, 2.24) is 31.3 Å². The van der Waals surface area contributed by atoms with E-state index in [0.29, 0.717) is 18.4 Å². The Morgan fingerprint density at radius 3 is 2.58 bits per heavy atom. The first kappa shape index (κ1) is 12.0. The Balaban J connectivity index is 1.42. The quantitative estimate of drug-likeness (QED) is 0.471. The zero-order chi connectivity index (χ0) is 12.8. The van der Waals surface area contributed by atoms with E-state index in [1.54, 1.807) is 5.01 Å². The molecule has 3 atom stereocenters. The number of carbonyl (C=O) groups is 1. The fourth-order valence-corrected chi connectivity index (χ4v) is 3.28. The number of hydrazine groups is 1. The molecular formula is C12H22N6O. The Morgan fingerprint density at radius 2 is 1.84 bits per heavy atom. The molecule has 19 heavy (non-hydrogen) atoms. The lowest BCUT2D eigenvalue weighted by molar-refractivity contribution is -0.141. The maximum atomic E-state index is 12.2. The first-order valence-electron chi connectivity index (χ1n) is 7.36. The lowest BCUT2D eigenvalue weighted by Gasteiger charge is -2.34. The van der Waals surface area contributed by atoms with E-state index in [0.717, 1.165) is 26.2 Å². The lowest BCUT2D eigenvalue weighted by atomic mass is 10.1. The van der Waals surface area contributed by atoms with Crippen molar-refractivity contribution in [3.63, 3.8) is 0 Å². The minimum atomic E-state index is -0.0493. The van der Waals surface area contributed by atoms with Crippen molar-refractivity contribution in [2.75, 3.05) is 26.2 Å². The third-order valence-corrected chi connectivity index (χ3v) is 4.58. The molecule has 0 aromatic rings. The molecule has 1 saturated carbocycles. The second kappa shape index (κ2) is 4.68. The summed E-state index contributed by atoms with van der Waals surface area (Å²) in [5.41, 5.74) is 3.30. The highest BCUT2D eigenvalue weighted by molar-refractivity contribution is 5.77. The molecule has 7 heteroatoms. The number of hydrogen-bond acceptors (Lipinski definition) is 6. The summed E-state index contributed by atoms with van der Waals surface area (Å²) in [6, 6.07) is 0.366. The van der Waals surface area contributed by atoms with Gasteiger partial charge >= 0.3 is 0 Å². The van der Waals surface area contributed by atoms with Gasteiger partial charge in [-0.15, -0.1) is 0 Å². The molecule has 0 aromatic carbocycles. The van der Waals surface area contributed by atoms with Crippen LogP contribution in [0.4, 0.5) is 0 Å². The fraction of sp³-hybridized carbons (Fsp3) is 0.917. The Morgan fingerprint density at radius 1 is 1.05 bits per heavy atom. The van der Waals surface area contributed by atoms with E-state index < -0.39 is 0 Å². The Hall–Kier alpha value is -0.730. The van der Waals surface area contributed by atoms with E-state index in [1.165, 1.54) is 12.8 Å². The summed E-state index contributed by atoms with van der Waals surface area (Å²) in [6.45, 7) is 4.03. The maximum Gasteiger partial charge on any atom is 0.240 e. The van der Waals surface area contributed by atoms with Gasteiger partial charge in [0.25, 0.3) is 0 Å². The predicted octanol–water partition coefficient (Wildman–Crippen LogP) is -1.83. The smallest absolute Gasteiger partial charge is 0.240 e. The summed E-state index contributed by atoms with van der Waals surface area (Å²) in [5, 5.41) is 12.1. The van der Waals surface area contributed by atoms with Gasteiger partial charge in [0.2, 0.25) is 5.91 Å². The topological polar surface area (TPSA) is 71.7 Å². The van der Waals surface area contributed by atoms with Gasteiger partial charge in [-0.05, 0) is 18.8 Å². The summed E-state index contributed by atoms with van der Waals surface area (Å²) in [6.07, 6.45) is 3.19. The molecule has 0 spiro atoms. The number of piperazine rings is 1. The van der Waals surface area contributed by atoms with Gasteiger partial charge in [-0.3, -0.25) is 20.3 Å². The minimum absolute atomic E-state index is 0.0493. The number of carbonyl (C=O) groups excluding carboxylic acids is 1. The van der Waals surface area contributed by atoms with Crippen LogP contribution in [0, 0.1) is 5.92 Å². The summed E-state index contributed by atoms with van der Waals surface area (Å²) >= 11 is 0. The van der Waals surface area contributed by atoms with Crippen molar-refractivity contribution in [2.45, 2.75) is 37.9 Å². The second-order valence-corrected chi connectivity index (χ2v) is 5.97. The SMILES string of the molecule is O=C1CC(C2CC2)NC2NC(N3CCNCC3)NN12. The average Bonchev–Trinajstić information content (AvgIpc) is 3.19. The molecule has 3 saturated heterocycles. The van der Waals surface area contributed by atoms with Crippen molar-refractivity contribution >= 4 is 5.91 Å². The van der Waals surface area contributed by atoms with Gasteiger partial charge in [0.1, 0.15) is 6.29 Å². The molecule has 3 heterocycles. The van der Waals surface area contributed by atoms with Gasteiger partial charge < -0.3 is 5.32 Å². The maximum absolute atomic E-state index is 12.2. The molecule has 4 aliphatic rings. The zero-order valence-electron chi connectivity index (χ0n) is 11.1. The third-order valence-electron chi connectivity index (χ3n) is 4.58. The van der Waals surface area contributed by atoms with Crippen LogP contribution in [-0.2, 0) is 4.79 Å². The van der Waals surface area contributed by atoms with Crippen LogP contribution in [0.25, 0.3) is 0 Å². The Kier molecular flexibility index (Phi) is 2.96. The molecule has 4 fully saturated rings. The molecule has 3 unspecified atom stereocenters. The van der Waals surface area contributed by atoms with Gasteiger partial charge in [0, 0.05) is 38.6 Å². The monoisotopic (exact) mass is 266 g/mol. The van der Waals surface area contributed by atoms with Crippen LogP contribution >= 0.6 is 0 Å². The Labute approximate surface area is 113 Å². The van der Waals surface area contributed by atoms with Crippen molar-refractivity contribution in [2.24, 2.45) is 5.92 Å². The molecule has 1 amide bonds. The second-order valence-electron chi connectivity index (χ2n) is 5.97. The van der Waals surface area contributed by atoms with Gasteiger partial charge in [-0.25, -0.2) is 5.01 Å². The summed E-state index contributed by atoms with van der Waals surface area (Å²) in [5.74, 6) is 0.928. The number of rotatable bonds is 2. The molecule has 4 rings (SSSR count). The van der Waals surface area contributed by atoms with Gasteiger partial charge in [0.05, 0.1) is 0 Å². The van der Waals surface area contributed by atoms with Crippen LogP contribution in [0.2, 0.25) is 0 Å². The molecule has 1 aliphatic carbocycles. The Bertz CT molecular complexity index is 367. The lowest BCUT2D eigenvalue weighted by Crippen LogP contribution is -2.61. The highest BCUT2D eigenvalue weighted by Crippen LogP contribution is 2.36. The van der Waals surface area contributed by atoms with Crippen LogP contribution in [0.15, 0.2) is 0 Å². The van der Waals surface area contributed by atoms with Gasteiger partial charge in [-0.1, -0.05) is 0 Å². The molecular weight excluding hydrogens is 244 g/mol. The number of amides is 1. The van der Waals surface area contributed by atoms with E-state index in [9.17, 15) is 4.79 Å². The van der Waals surface area contributed by atoms with Crippen molar-refractivity contribution in [3.05, 3.63) is 0 Å². The number of nitrogens with zero attached hydrogens (tertiary/aromatic N) is 2. The van der Waals surface area contributed by atoms with Crippen LogP contribution in [-0.4, -0.2) is 60.6 Å². The van der Waals surface area contributed by atoms with E-state index in [4.69, 9.17) is 0 Å². The van der Waals surface area contributed by atoms with Crippen molar-refractivity contribution in [1.29, 1.82) is 0 Å². The highest BCUT2D eigenvalue weighted by atomic mass is 16.2. The highest BCUT2D eigenvalue weighted by Gasteiger charge is 2.45.